The quantitative estimate of drug-likeness (QED) is 0.125. The van der Waals surface area contributed by atoms with Crippen LogP contribution in [0.15, 0.2) is 12.1 Å². The molecule has 0 aliphatic rings. The van der Waals surface area contributed by atoms with Gasteiger partial charge >= 0.3 is 0 Å². The molecule has 0 aromatic heterocycles. The largest absolute Gasteiger partial charge is 0.508 e. The number of aromatic hydroxyl groups is 1. The molecule has 0 saturated heterocycles. The molecular weight excluding hydrogens is 436 g/mol. The van der Waals surface area contributed by atoms with Crippen LogP contribution in [0.1, 0.15) is 185 Å². The predicted octanol–water partition coefficient (Wildman–Crippen LogP) is 12.1. The van der Waals surface area contributed by atoms with Gasteiger partial charge in [0.25, 0.3) is 0 Å². The number of rotatable bonds is 26. The summed E-state index contributed by atoms with van der Waals surface area (Å²) < 4.78 is 0. The molecule has 0 aliphatic heterocycles. The zero-order chi connectivity index (χ0) is 26.1. The van der Waals surface area contributed by atoms with Crippen LogP contribution >= 0.6 is 0 Å². The number of aryl methyl sites for hydroxylation is 1. The molecule has 0 fully saturated rings. The minimum absolute atomic E-state index is 0.565. The van der Waals surface area contributed by atoms with Gasteiger partial charge in [0, 0.05) is 0 Å². The van der Waals surface area contributed by atoms with E-state index in [9.17, 15) is 5.11 Å². The van der Waals surface area contributed by atoms with Gasteiger partial charge in [0.15, 0.2) is 0 Å². The molecule has 1 nitrogen and oxygen atoms in total. The summed E-state index contributed by atoms with van der Waals surface area (Å²) in [5, 5.41) is 10.8. The Morgan fingerprint density at radius 3 is 1.14 bits per heavy atom. The molecule has 1 N–H and O–H groups in total. The average molecular weight is 501 g/mol. The first-order valence-corrected chi connectivity index (χ1v) is 16.6. The average Bonchev–Trinajstić information content (AvgIpc) is 2.88. The minimum Gasteiger partial charge on any atom is -0.508 e. The second kappa shape index (κ2) is 24.4. The van der Waals surface area contributed by atoms with Crippen LogP contribution < -0.4 is 0 Å². The van der Waals surface area contributed by atoms with Gasteiger partial charge in [0.2, 0.25) is 0 Å². The van der Waals surface area contributed by atoms with Crippen LogP contribution in [0.4, 0.5) is 0 Å². The van der Waals surface area contributed by atoms with E-state index in [1.54, 1.807) is 0 Å². The number of hydrogen-bond acceptors (Lipinski definition) is 1. The van der Waals surface area contributed by atoms with Crippen LogP contribution in [0.25, 0.3) is 0 Å². The lowest BCUT2D eigenvalue weighted by molar-refractivity contribution is 0.463. The SMILES string of the molecule is CCCCCCCCCCCCc1c(O)ccc(CCCCCCCC)c1CCCCCCCCC. The third kappa shape index (κ3) is 16.7. The molecule has 36 heavy (non-hydrogen) atoms. The Morgan fingerprint density at radius 1 is 0.389 bits per heavy atom. The van der Waals surface area contributed by atoms with Crippen molar-refractivity contribution in [3.05, 3.63) is 28.8 Å². The van der Waals surface area contributed by atoms with Crippen LogP contribution in [0.3, 0.4) is 0 Å². The maximum absolute atomic E-state index is 10.8. The van der Waals surface area contributed by atoms with Crippen molar-refractivity contribution in [1.29, 1.82) is 0 Å². The number of phenolic OH excluding ortho intramolecular Hbond substituents is 1. The molecule has 0 radical (unpaired) electrons. The normalized spacial score (nSPS) is 11.4. The van der Waals surface area contributed by atoms with Crippen LogP contribution in [0.2, 0.25) is 0 Å². The summed E-state index contributed by atoms with van der Waals surface area (Å²) in [4.78, 5) is 0. The highest BCUT2D eigenvalue weighted by molar-refractivity contribution is 5.45. The predicted molar refractivity (Wildman–Crippen MR) is 162 cm³/mol. The van der Waals surface area contributed by atoms with E-state index in [1.807, 2.05) is 6.07 Å². The fourth-order valence-corrected chi connectivity index (χ4v) is 5.70. The van der Waals surface area contributed by atoms with E-state index in [0.717, 1.165) is 6.42 Å². The van der Waals surface area contributed by atoms with Crippen molar-refractivity contribution in [1.82, 2.24) is 0 Å². The van der Waals surface area contributed by atoms with Gasteiger partial charge in [-0.25, -0.2) is 0 Å². The summed E-state index contributed by atoms with van der Waals surface area (Å²) in [5.41, 5.74) is 4.36. The van der Waals surface area contributed by atoms with E-state index in [0.29, 0.717) is 5.75 Å². The Labute approximate surface area is 227 Å². The summed E-state index contributed by atoms with van der Waals surface area (Å²) in [6.45, 7) is 6.88. The molecule has 1 aromatic rings. The Balaban J connectivity index is 2.55. The van der Waals surface area contributed by atoms with Gasteiger partial charge in [-0.2, -0.15) is 0 Å². The van der Waals surface area contributed by atoms with Crippen molar-refractivity contribution in [2.45, 2.75) is 188 Å². The first-order valence-electron chi connectivity index (χ1n) is 16.6. The van der Waals surface area contributed by atoms with E-state index in [-0.39, 0.29) is 0 Å². The van der Waals surface area contributed by atoms with Crippen LogP contribution in [-0.4, -0.2) is 5.11 Å². The molecule has 210 valence electrons. The van der Waals surface area contributed by atoms with E-state index < -0.39 is 0 Å². The number of phenols is 1. The van der Waals surface area contributed by atoms with Gasteiger partial charge in [-0.3, -0.25) is 0 Å². The highest BCUT2D eigenvalue weighted by Crippen LogP contribution is 2.30. The molecule has 0 heterocycles. The second-order valence-corrected chi connectivity index (χ2v) is 11.5. The van der Waals surface area contributed by atoms with E-state index in [4.69, 9.17) is 0 Å². The fourth-order valence-electron chi connectivity index (χ4n) is 5.70. The smallest absolute Gasteiger partial charge is 0.119 e. The maximum Gasteiger partial charge on any atom is 0.119 e. The van der Waals surface area contributed by atoms with Crippen molar-refractivity contribution >= 4 is 0 Å². The molecule has 1 aromatic carbocycles. The third-order valence-electron chi connectivity index (χ3n) is 8.11. The topological polar surface area (TPSA) is 20.2 Å². The summed E-state index contributed by atoms with van der Waals surface area (Å²) in [5.74, 6) is 0.565. The van der Waals surface area contributed by atoms with Gasteiger partial charge in [0.1, 0.15) is 5.75 Å². The van der Waals surface area contributed by atoms with E-state index in [1.165, 1.54) is 177 Å². The molecule has 0 aliphatic carbocycles. The van der Waals surface area contributed by atoms with Gasteiger partial charge in [-0.15, -0.1) is 0 Å². The van der Waals surface area contributed by atoms with E-state index in [2.05, 4.69) is 26.8 Å². The lowest BCUT2D eigenvalue weighted by Crippen LogP contribution is -2.03. The van der Waals surface area contributed by atoms with E-state index >= 15 is 0 Å². The van der Waals surface area contributed by atoms with Crippen LogP contribution in [0.5, 0.6) is 5.75 Å². The Hall–Kier alpha value is -0.980. The van der Waals surface area contributed by atoms with Crippen molar-refractivity contribution in [2.24, 2.45) is 0 Å². The lowest BCUT2D eigenvalue weighted by Gasteiger charge is -2.17. The molecule has 1 heteroatoms. The lowest BCUT2D eigenvalue weighted by atomic mass is 9.89. The highest BCUT2D eigenvalue weighted by atomic mass is 16.3. The summed E-state index contributed by atoms with van der Waals surface area (Å²) in [6, 6.07) is 4.26. The molecule has 0 spiro atoms. The van der Waals surface area contributed by atoms with Crippen molar-refractivity contribution < 1.29 is 5.11 Å². The Kier molecular flexibility index (Phi) is 22.4. The van der Waals surface area contributed by atoms with Gasteiger partial charge in [-0.1, -0.05) is 155 Å². The van der Waals surface area contributed by atoms with Gasteiger partial charge in [0.05, 0.1) is 0 Å². The number of benzene rings is 1. The summed E-state index contributed by atoms with van der Waals surface area (Å²) in [7, 11) is 0. The van der Waals surface area contributed by atoms with Gasteiger partial charge in [-0.05, 0) is 61.3 Å². The fraction of sp³-hybridized carbons (Fsp3) is 0.829. The maximum atomic E-state index is 10.8. The second-order valence-electron chi connectivity index (χ2n) is 11.5. The van der Waals surface area contributed by atoms with Crippen molar-refractivity contribution in [2.75, 3.05) is 0 Å². The Morgan fingerprint density at radius 2 is 0.722 bits per heavy atom. The molecule has 0 unspecified atom stereocenters. The van der Waals surface area contributed by atoms with Crippen molar-refractivity contribution in [3.63, 3.8) is 0 Å². The Bertz CT molecular complexity index is 605. The van der Waals surface area contributed by atoms with Crippen LogP contribution in [0, 0.1) is 0 Å². The zero-order valence-corrected chi connectivity index (χ0v) is 25.0. The molecular formula is C35H64O. The first-order chi connectivity index (χ1) is 17.7. The number of unbranched alkanes of at least 4 members (excludes halogenated alkanes) is 20. The van der Waals surface area contributed by atoms with Crippen molar-refractivity contribution in [3.8, 4) is 5.75 Å². The molecule has 0 bridgehead atoms. The molecule has 0 amide bonds. The minimum atomic E-state index is 0.565. The summed E-state index contributed by atoms with van der Waals surface area (Å²) in [6.07, 6.45) is 34.8. The number of hydrogen-bond donors (Lipinski definition) is 1. The monoisotopic (exact) mass is 500 g/mol. The molecule has 0 saturated carbocycles. The molecule has 1 rings (SSSR count). The van der Waals surface area contributed by atoms with Gasteiger partial charge < -0.3 is 5.11 Å². The highest BCUT2D eigenvalue weighted by Gasteiger charge is 2.13. The molecule has 0 atom stereocenters. The zero-order valence-electron chi connectivity index (χ0n) is 25.0. The third-order valence-corrected chi connectivity index (χ3v) is 8.11. The first kappa shape index (κ1) is 33.0. The summed E-state index contributed by atoms with van der Waals surface area (Å²) >= 11 is 0. The van der Waals surface area contributed by atoms with Crippen LogP contribution in [-0.2, 0) is 19.3 Å². The standard InChI is InChI=1S/C35H64O/c1-4-7-10-13-16-17-18-20-23-26-29-34-33(28-25-22-19-14-11-8-5-2)32(30-31-35(34)36)27-24-21-15-12-9-6-3/h30-31,36H,4-29H2,1-3H3.